The summed E-state index contributed by atoms with van der Waals surface area (Å²) in [7, 11) is 1.27. The summed E-state index contributed by atoms with van der Waals surface area (Å²) in [6.07, 6.45) is 5.44. The Balaban J connectivity index is 1.66. The number of carbonyl (C=O) groups excluding carboxylic acids is 2. The van der Waals surface area contributed by atoms with E-state index >= 15 is 8.78 Å². The van der Waals surface area contributed by atoms with Crippen LogP contribution in [0.3, 0.4) is 0 Å². The highest BCUT2D eigenvalue weighted by Crippen LogP contribution is 2.54. The number of nitrogens with zero attached hydrogens (tertiary/aromatic N) is 1. The standard InChI is InChI=1S/C34H33Cl2F2N3O3/c1-33(15-4-3-5-16-33)18-27-34(19-39,24-14-11-21(35)17-26(24)37)28(23-7-6-8-25(36)29(23)38)30(41-27)31(42)40-22-12-9-20(10-13-22)32(43)44-2/h6-14,17,27-28,30,41H,3-5,15-16,18H2,1-2H3,(H,40,42)/t27?,28-,30+,34+/m0/s1. The molecule has 1 heterocycles. The lowest BCUT2D eigenvalue weighted by molar-refractivity contribution is -0.118. The van der Waals surface area contributed by atoms with E-state index in [4.69, 9.17) is 27.9 Å². The van der Waals surface area contributed by atoms with Gasteiger partial charge < -0.3 is 15.4 Å². The van der Waals surface area contributed by atoms with E-state index in [9.17, 15) is 14.9 Å². The van der Waals surface area contributed by atoms with Gasteiger partial charge in [-0.15, -0.1) is 0 Å². The zero-order valence-corrected chi connectivity index (χ0v) is 25.9. The molecule has 1 aliphatic carbocycles. The van der Waals surface area contributed by atoms with Gasteiger partial charge in [0, 0.05) is 28.2 Å². The molecular weight excluding hydrogens is 607 g/mol. The number of hydrogen-bond donors (Lipinski definition) is 2. The van der Waals surface area contributed by atoms with Crippen molar-refractivity contribution in [1.29, 1.82) is 5.26 Å². The van der Waals surface area contributed by atoms with Crippen LogP contribution in [0.25, 0.3) is 0 Å². The third kappa shape index (κ3) is 5.93. The molecular formula is C34H33Cl2F2N3O3. The molecule has 1 saturated heterocycles. The molecule has 0 aromatic heterocycles. The minimum absolute atomic E-state index is 0.0263. The molecule has 1 saturated carbocycles. The van der Waals surface area contributed by atoms with Crippen molar-refractivity contribution in [2.24, 2.45) is 5.41 Å². The molecule has 44 heavy (non-hydrogen) atoms. The number of ether oxygens (including phenoxy) is 1. The Morgan fingerprint density at radius 3 is 2.41 bits per heavy atom. The molecule has 0 radical (unpaired) electrons. The molecule has 2 N–H and O–H groups in total. The number of hydrogen-bond acceptors (Lipinski definition) is 5. The fourth-order valence-corrected chi connectivity index (χ4v) is 7.41. The second-order valence-electron chi connectivity index (χ2n) is 12.1. The van der Waals surface area contributed by atoms with Crippen molar-refractivity contribution in [1.82, 2.24) is 5.32 Å². The molecule has 4 atom stereocenters. The van der Waals surface area contributed by atoms with Gasteiger partial charge in [0.1, 0.15) is 17.0 Å². The van der Waals surface area contributed by atoms with Gasteiger partial charge in [-0.05, 0) is 72.7 Å². The number of benzene rings is 3. The molecule has 0 bridgehead atoms. The van der Waals surface area contributed by atoms with Gasteiger partial charge in [0.05, 0.1) is 29.8 Å². The Morgan fingerprint density at radius 1 is 1.07 bits per heavy atom. The Labute approximate surface area is 265 Å². The molecule has 5 rings (SSSR count). The summed E-state index contributed by atoms with van der Waals surface area (Å²) in [5, 5.41) is 17.3. The van der Waals surface area contributed by atoms with Crippen LogP contribution in [-0.4, -0.2) is 31.1 Å². The third-order valence-corrected chi connectivity index (χ3v) is 9.77. The SMILES string of the molecule is COC(=O)c1ccc(NC(=O)[C@@H]2NC(CC3(C)CCCCC3)[C@@](C#N)(c3ccc(Cl)cc3F)[C@H]2c2cccc(Cl)c2F)cc1. The molecule has 2 aliphatic rings. The molecule has 6 nitrogen and oxygen atoms in total. The second kappa shape index (κ2) is 12.8. The fraction of sp³-hybridized carbons (Fsp3) is 0.382. The number of methoxy groups -OCH3 is 1. The Morgan fingerprint density at radius 2 is 1.77 bits per heavy atom. The highest BCUT2D eigenvalue weighted by Gasteiger charge is 2.61. The normalized spacial score (nSPS) is 24.3. The van der Waals surface area contributed by atoms with Crippen LogP contribution in [0.4, 0.5) is 14.5 Å². The van der Waals surface area contributed by atoms with E-state index in [2.05, 4.69) is 23.6 Å². The van der Waals surface area contributed by atoms with Crippen LogP contribution in [0.15, 0.2) is 60.7 Å². The quantitative estimate of drug-likeness (QED) is 0.256. The van der Waals surface area contributed by atoms with Crippen LogP contribution in [0, 0.1) is 28.4 Å². The first kappa shape index (κ1) is 31.9. The van der Waals surface area contributed by atoms with Crippen LogP contribution in [0.2, 0.25) is 10.0 Å². The summed E-state index contributed by atoms with van der Waals surface area (Å²) in [6, 6.07) is 15.1. The van der Waals surface area contributed by atoms with Gasteiger partial charge in [0.2, 0.25) is 5.91 Å². The number of halogens is 4. The minimum Gasteiger partial charge on any atom is -0.465 e. The first-order chi connectivity index (χ1) is 21.0. The highest BCUT2D eigenvalue weighted by atomic mass is 35.5. The fourth-order valence-electron chi connectivity index (χ4n) is 7.07. The Kier molecular flexibility index (Phi) is 9.31. The Bertz CT molecular complexity index is 1600. The summed E-state index contributed by atoms with van der Waals surface area (Å²) in [5.74, 6) is -3.75. The number of rotatable bonds is 7. The lowest BCUT2D eigenvalue weighted by Crippen LogP contribution is -2.46. The van der Waals surface area contributed by atoms with Crippen LogP contribution in [0.1, 0.15) is 72.9 Å². The second-order valence-corrected chi connectivity index (χ2v) is 12.9. The van der Waals surface area contributed by atoms with Crippen LogP contribution < -0.4 is 10.6 Å². The molecule has 1 aliphatic heterocycles. The van der Waals surface area contributed by atoms with Crippen molar-refractivity contribution >= 4 is 40.8 Å². The van der Waals surface area contributed by atoms with E-state index < -0.39 is 46.9 Å². The van der Waals surface area contributed by atoms with E-state index in [1.807, 2.05) is 0 Å². The minimum atomic E-state index is -1.71. The van der Waals surface area contributed by atoms with Gasteiger partial charge in [-0.1, -0.05) is 67.6 Å². The van der Waals surface area contributed by atoms with Crippen molar-refractivity contribution in [3.05, 3.63) is 99.0 Å². The summed E-state index contributed by atoms with van der Waals surface area (Å²) in [6.45, 7) is 2.15. The van der Waals surface area contributed by atoms with Crippen molar-refractivity contribution in [3.8, 4) is 6.07 Å². The highest BCUT2D eigenvalue weighted by molar-refractivity contribution is 6.31. The molecule has 230 valence electrons. The van der Waals surface area contributed by atoms with Crippen LogP contribution >= 0.6 is 23.2 Å². The van der Waals surface area contributed by atoms with Gasteiger partial charge in [0.25, 0.3) is 0 Å². The average Bonchev–Trinajstić information content (AvgIpc) is 3.32. The lowest BCUT2D eigenvalue weighted by atomic mass is 9.61. The van der Waals surface area contributed by atoms with Gasteiger partial charge in [0.15, 0.2) is 0 Å². The number of amides is 1. The van der Waals surface area contributed by atoms with Crippen molar-refractivity contribution in [2.75, 3.05) is 12.4 Å². The first-order valence-electron chi connectivity index (χ1n) is 14.6. The van der Waals surface area contributed by atoms with E-state index in [1.165, 1.54) is 43.5 Å². The lowest BCUT2D eigenvalue weighted by Gasteiger charge is -2.41. The van der Waals surface area contributed by atoms with Crippen molar-refractivity contribution < 1.29 is 23.1 Å². The molecule has 3 aromatic carbocycles. The summed E-state index contributed by atoms with van der Waals surface area (Å²) < 4.78 is 36.6. The number of anilines is 1. The van der Waals surface area contributed by atoms with Crippen molar-refractivity contribution in [3.63, 3.8) is 0 Å². The number of nitriles is 1. The van der Waals surface area contributed by atoms with Crippen molar-refractivity contribution in [2.45, 2.75) is 68.9 Å². The largest absolute Gasteiger partial charge is 0.465 e. The monoisotopic (exact) mass is 639 g/mol. The predicted octanol–water partition coefficient (Wildman–Crippen LogP) is 7.94. The predicted molar refractivity (Wildman–Crippen MR) is 166 cm³/mol. The van der Waals surface area contributed by atoms with E-state index in [0.29, 0.717) is 17.7 Å². The summed E-state index contributed by atoms with van der Waals surface area (Å²) in [5.41, 5.74) is -1.17. The van der Waals surface area contributed by atoms with Gasteiger partial charge in [-0.3, -0.25) is 4.79 Å². The number of carbonyl (C=O) groups is 2. The van der Waals surface area contributed by atoms with E-state index in [0.717, 1.165) is 38.2 Å². The maximum atomic E-state index is 15.9. The maximum absolute atomic E-state index is 15.9. The average molecular weight is 641 g/mol. The molecule has 2 fully saturated rings. The molecule has 0 spiro atoms. The van der Waals surface area contributed by atoms with Gasteiger partial charge in [-0.2, -0.15) is 5.26 Å². The topological polar surface area (TPSA) is 91.2 Å². The zero-order valence-electron chi connectivity index (χ0n) is 24.4. The smallest absolute Gasteiger partial charge is 0.337 e. The molecule has 1 unspecified atom stereocenters. The summed E-state index contributed by atoms with van der Waals surface area (Å²) in [4.78, 5) is 26.0. The third-order valence-electron chi connectivity index (χ3n) is 9.25. The number of esters is 1. The molecule has 10 heteroatoms. The zero-order chi connectivity index (χ0) is 31.6. The van der Waals surface area contributed by atoms with Crippen LogP contribution in [0.5, 0.6) is 0 Å². The van der Waals surface area contributed by atoms with Gasteiger partial charge in [-0.25, -0.2) is 13.6 Å². The molecule has 1 amide bonds. The Hall–Kier alpha value is -3.51. The van der Waals surface area contributed by atoms with E-state index in [-0.39, 0.29) is 26.6 Å². The molecule has 3 aromatic rings. The van der Waals surface area contributed by atoms with Crippen LogP contribution in [-0.2, 0) is 14.9 Å². The van der Waals surface area contributed by atoms with Gasteiger partial charge >= 0.3 is 5.97 Å². The maximum Gasteiger partial charge on any atom is 0.337 e. The first-order valence-corrected chi connectivity index (χ1v) is 15.3. The number of nitrogens with one attached hydrogen (secondary N) is 2. The van der Waals surface area contributed by atoms with E-state index in [1.54, 1.807) is 18.2 Å². The summed E-state index contributed by atoms with van der Waals surface area (Å²) >= 11 is 12.4.